The number of hydrogen-bond acceptors (Lipinski definition) is 5. The lowest BCUT2D eigenvalue weighted by atomic mass is 10.4. The normalized spacial score (nSPS) is 11.5. The zero-order chi connectivity index (χ0) is 14.5. The Balaban J connectivity index is 2.74. The summed E-state index contributed by atoms with van der Waals surface area (Å²) in [5, 5.41) is 8.96. The van der Waals surface area contributed by atoms with E-state index in [1.165, 1.54) is 11.8 Å². The molecule has 0 radical (unpaired) electrons. The molecular formula is C11H19N3O4S. The van der Waals surface area contributed by atoms with E-state index >= 15 is 0 Å². The van der Waals surface area contributed by atoms with Crippen LogP contribution in [0.25, 0.3) is 0 Å². The lowest BCUT2D eigenvalue weighted by Gasteiger charge is -2.20. The average molecular weight is 289 g/mol. The SMILES string of the molecule is CCS(=O)(=O)CC(=O)N(CCO)Cc1cnc(C)[nH]1. The van der Waals surface area contributed by atoms with E-state index < -0.39 is 21.5 Å². The van der Waals surface area contributed by atoms with Crippen LogP contribution in [0.5, 0.6) is 0 Å². The highest BCUT2D eigenvalue weighted by atomic mass is 32.2. The summed E-state index contributed by atoms with van der Waals surface area (Å²) in [7, 11) is -3.37. The lowest BCUT2D eigenvalue weighted by Crippen LogP contribution is -2.37. The van der Waals surface area contributed by atoms with E-state index in [1.54, 1.807) is 13.1 Å². The molecule has 0 aliphatic heterocycles. The molecule has 108 valence electrons. The van der Waals surface area contributed by atoms with E-state index in [0.717, 1.165) is 0 Å². The van der Waals surface area contributed by atoms with Crippen molar-refractivity contribution in [2.45, 2.75) is 20.4 Å². The molecule has 1 aromatic rings. The van der Waals surface area contributed by atoms with Crippen molar-refractivity contribution in [2.24, 2.45) is 0 Å². The smallest absolute Gasteiger partial charge is 0.238 e. The van der Waals surface area contributed by atoms with E-state index in [-0.39, 0.29) is 25.4 Å². The molecule has 0 bridgehead atoms. The molecule has 1 heterocycles. The first-order chi connectivity index (χ1) is 8.88. The number of imidazole rings is 1. The van der Waals surface area contributed by atoms with Gasteiger partial charge in [0.2, 0.25) is 5.91 Å². The zero-order valence-corrected chi connectivity index (χ0v) is 11.9. The number of aromatic nitrogens is 2. The van der Waals surface area contributed by atoms with Crippen molar-refractivity contribution in [3.05, 3.63) is 17.7 Å². The van der Waals surface area contributed by atoms with Crippen molar-refractivity contribution < 1.29 is 18.3 Å². The van der Waals surface area contributed by atoms with Crippen LogP contribution in [0.1, 0.15) is 18.4 Å². The van der Waals surface area contributed by atoms with Gasteiger partial charge in [-0.05, 0) is 6.92 Å². The van der Waals surface area contributed by atoms with Crippen LogP contribution in [0.3, 0.4) is 0 Å². The number of carbonyl (C=O) groups is 1. The molecule has 0 saturated carbocycles. The highest BCUT2D eigenvalue weighted by molar-refractivity contribution is 7.92. The maximum Gasteiger partial charge on any atom is 0.238 e. The number of aliphatic hydroxyl groups excluding tert-OH is 1. The van der Waals surface area contributed by atoms with Gasteiger partial charge in [0.15, 0.2) is 9.84 Å². The van der Waals surface area contributed by atoms with Crippen LogP contribution in [0.2, 0.25) is 0 Å². The van der Waals surface area contributed by atoms with E-state index in [4.69, 9.17) is 5.11 Å². The first kappa shape index (κ1) is 15.6. The highest BCUT2D eigenvalue weighted by Gasteiger charge is 2.20. The Morgan fingerprint density at radius 3 is 2.68 bits per heavy atom. The standard InChI is InChI=1S/C11H19N3O4S/c1-3-19(17,18)8-11(16)14(4-5-15)7-10-6-12-9(2)13-10/h6,15H,3-5,7-8H2,1-2H3,(H,12,13). The van der Waals surface area contributed by atoms with Gasteiger partial charge in [-0.25, -0.2) is 13.4 Å². The molecule has 1 amide bonds. The number of carbonyl (C=O) groups excluding carboxylic acids is 1. The fraction of sp³-hybridized carbons (Fsp3) is 0.636. The van der Waals surface area contributed by atoms with E-state index in [1.807, 2.05) is 0 Å². The van der Waals surface area contributed by atoms with Crippen molar-refractivity contribution in [3.63, 3.8) is 0 Å². The third-order valence-corrected chi connectivity index (χ3v) is 4.19. The first-order valence-electron chi connectivity index (χ1n) is 5.97. The minimum atomic E-state index is -3.37. The van der Waals surface area contributed by atoms with Crippen LogP contribution >= 0.6 is 0 Å². The molecule has 1 aromatic heterocycles. The molecule has 0 fully saturated rings. The monoisotopic (exact) mass is 289 g/mol. The topological polar surface area (TPSA) is 103 Å². The number of H-pyrrole nitrogens is 1. The number of rotatable bonds is 7. The molecule has 19 heavy (non-hydrogen) atoms. The van der Waals surface area contributed by atoms with Crippen molar-refractivity contribution in [2.75, 3.05) is 24.7 Å². The number of aliphatic hydroxyl groups is 1. The number of aromatic amines is 1. The maximum absolute atomic E-state index is 11.9. The fourth-order valence-corrected chi connectivity index (χ4v) is 2.31. The molecule has 0 aliphatic rings. The van der Waals surface area contributed by atoms with Gasteiger partial charge in [0.1, 0.15) is 11.6 Å². The van der Waals surface area contributed by atoms with Gasteiger partial charge >= 0.3 is 0 Å². The third kappa shape index (κ3) is 4.99. The predicted octanol–water partition coefficient (Wildman–Crippen LogP) is -0.526. The summed E-state index contributed by atoms with van der Waals surface area (Å²) in [6.45, 7) is 3.36. The number of hydrogen-bond donors (Lipinski definition) is 2. The van der Waals surface area contributed by atoms with Crippen LogP contribution in [-0.2, 0) is 21.2 Å². The molecule has 0 unspecified atom stereocenters. The van der Waals surface area contributed by atoms with Gasteiger partial charge in [0.25, 0.3) is 0 Å². The van der Waals surface area contributed by atoms with Crippen LogP contribution in [-0.4, -0.2) is 59.0 Å². The predicted molar refractivity (Wildman–Crippen MR) is 70.2 cm³/mol. The Bertz CT molecular complexity index is 524. The van der Waals surface area contributed by atoms with Gasteiger partial charge in [0.05, 0.1) is 25.0 Å². The summed E-state index contributed by atoms with van der Waals surface area (Å²) in [6, 6.07) is 0. The van der Waals surface area contributed by atoms with Gasteiger partial charge in [-0.3, -0.25) is 4.79 Å². The van der Waals surface area contributed by atoms with E-state index in [9.17, 15) is 13.2 Å². The Labute approximate surface area is 112 Å². The number of nitrogens with zero attached hydrogens (tertiary/aromatic N) is 2. The van der Waals surface area contributed by atoms with Gasteiger partial charge in [-0.2, -0.15) is 0 Å². The third-order valence-electron chi connectivity index (χ3n) is 2.62. The summed E-state index contributed by atoms with van der Waals surface area (Å²) in [4.78, 5) is 20.2. The molecular weight excluding hydrogens is 270 g/mol. The maximum atomic E-state index is 11.9. The molecule has 0 spiro atoms. The van der Waals surface area contributed by atoms with Crippen LogP contribution in [0, 0.1) is 6.92 Å². The first-order valence-corrected chi connectivity index (χ1v) is 7.79. The lowest BCUT2D eigenvalue weighted by molar-refractivity contribution is -0.129. The Morgan fingerprint density at radius 2 is 2.21 bits per heavy atom. The quantitative estimate of drug-likeness (QED) is 0.702. The number of aryl methyl sites for hydroxylation is 1. The Hall–Kier alpha value is -1.41. The Kier molecular flexibility index (Phi) is 5.49. The molecule has 0 saturated heterocycles. The van der Waals surface area contributed by atoms with E-state index in [2.05, 4.69) is 9.97 Å². The second-order valence-corrected chi connectivity index (χ2v) is 6.56. The van der Waals surface area contributed by atoms with Gasteiger partial charge < -0.3 is 15.0 Å². The molecule has 0 aliphatic carbocycles. The van der Waals surface area contributed by atoms with Crippen molar-refractivity contribution >= 4 is 15.7 Å². The largest absolute Gasteiger partial charge is 0.395 e. The Morgan fingerprint density at radius 1 is 1.53 bits per heavy atom. The van der Waals surface area contributed by atoms with E-state index in [0.29, 0.717) is 11.5 Å². The number of sulfone groups is 1. The minimum absolute atomic E-state index is 0.0745. The van der Waals surface area contributed by atoms with Gasteiger partial charge in [-0.1, -0.05) is 6.92 Å². The minimum Gasteiger partial charge on any atom is -0.395 e. The summed E-state index contributed by atoms with van der Waals surface area (Å²) in [6.07, 6.45) is 1.58. The summed E-state index contributed by atoms with van der Waals surface area (Å²) >= 11 is 0. The average Bonchev–Trinajstić information content (AvgIpc) is 2.74. The number of amides is 1. The number of nitrogens with one attached hydrogen (secondary N) is 1. The van der Waals surface area contributed by atoms with Crippen LogP contribution in [0.15, 0.2) is 6.20 Å². The summed E-state index contributed by atoms with van der Waals surface area (Å²) < 4.78 is 22.9. The summed E-state index contributed by atoms with van der Waals surface area (Å²) in [5.74, 6) is -0.401. The fourth-order valence-electron chi connectivity index (χ4n) is 1.55. The highest BCUT2D eigenvalue weighted by Crippen LogP contribution is 2.04. The molecule has 1 rings (SSSR count). The van der Waals surface area contributed by atoms with Gasteiger partial charge in [-0.15, -0.1) is 0 Å². The van der Waals surface area contributed by atoms with Gasteiger partial charge in [0, 0.05) is 12.3 Å². The molecule has 0 aromatic carbocycles. The molecule has 8 heteroatoms. The second-order valence-electron chi connectivity index (χ2n) is 4.21. The van der Waals surface area contributed by atoms with Crippen molar-refractivity contribution in [3.8, 4) is 0 Å². The molecule has 0 atom stereocenters. The molecule has 2 N–H and O–H groups in total. The zero-order valence-electron chi connectivity index (χ0n) is 11.1. The van der Waals surface area contributed by atoms with Crippen LogP contribution in [0.4, 0.5) is 0 Å². The second kappa shape index (κ2) is 6.67. The van der Waals surface area contributed by atoms with Crippen LogP contribution < -0.4 is 0 Å². The molecule has 7 nitrogen and oxygen atoms in total. The van der Waals surface area contributed by atoms with Crippen molar-refractivity contribution in [1.82, 2.24) is 14.9 Å². The van der Waals surface area contributed by atoms with Crippen molar-refractivity contribution in [1.29, 1.82) is 0 Å². The summed E-state index contributed by atoms with van der Waals surface area (Å²) in [5.41, 5.74) is 0.702.